The predicted molar refractivity (Wildman–Crippen MR) is 176 cm³/mol. The first kappa shape index (κ1) is 41.4. The summed E-state index contributed by atoms with van der Waals surface area (Å²) in [5, 5.41) is 0. The normalized spacial score (nSPS) is 10.6. The topological polar surface area (TPSA) is 34.1 Å². The number of hydrogen-bond donors (Lipinski definition) is 0. The van der Waals surface area contributed by atoms with Crippen LogP contribution in [0.1, 0.15) is 119 Å². The molecule has 2 nitrogen and oxygen atoms in total. The molecule has 0 saturated heterocycles. The molecule has 0 spiro atoms. The SMILES string of the molecule is CC.CC.CC.CC.CC(=O)C(C)c1ccc(CC(C)C)cc1.CC(C=O)c1ccc(-c2ccccc2)c(F)c1. The molecule has 2 atom stereocenters. The number of hydrogen-bond acceptors (Lipinski definition) is 2. The zero-order valence-electron chi connectivity index (χ0n) is 27.6. The van der Waals surface area contributed by atoms with Gasteiger partial charge in [0.2, 0.25) is 0 Å². The maximum Gasteiger partial charge on any atom is 0.136 e. The molecule has 224 valence electrons. The van der Waals surface area contributed by atoms with E-state index < -0.39 is 0 Å². The van der Waals surface area contributed by atoms with Gasteiger partial charge in [0.15, 0.2) is 0 Å². The van der Waals surface area contributed by atoms with E-state index in [1.165, 1.54) is 11.6 Å². The molecule has 0 aliphatic carbocycles. The standard InChI is InChI=1S/C15H13FO.C14H20O.4C2H6/c1-11(10-17)13-7-8-14(15(16)9-13)12-5-3-2-4-6-12;1-10(2)9-13-5-7-14(8-6-13)11(3)12(4)15;4*1-2/h2-11H,1H3;5-8,10-11H,9H2,1-4H3;4*1-2H3. The molecule has 0 fully saturated rings. The first-order valence-electron chi connectivity index (χ1n) is 15.1. The number of halogens is 1. The largest absolute Gasteiger partial charge is 0.303 e. The molecule has 0 bridgehead atoms. The van der Waals surface area contributed by atoms with Crippen LogP contribution in [0.3, 0.4) is 0 Å². The minimum atomic E-state index is -0.289. The molecule has 2 unspecified atom stereocenters. The van der Waals surface area contributed by atoms with Crippen molar-refractivity contribution >= 4 is 12.1 Å². The van der Waals surface area contributed by atoms with Gasteiger partial charge in [-0.1, -0.05) is 150 Å². The van der Waals surface area contributed by atoms with Crippen molar-refractivity contribution in [3.63, 3.8) is 0 Å². The molecule has 0 amide bonds. The average molecular weight is 553 g/mol. The van der Waals surface area contributed by atoms with Crippen LogP contribution in [0.15, 0.2) is 72.8 Å². The summed E-state index contributed by atoms with van der Waals surface area (Å²) in [7, 11) is 0. The van der Waals surface area contributed by atoms with Crippen molar-refractivity contribution in [2.75, 3.05) is 0 Å². The summed E-state index contributed by atoms with van der Waals surface area (Å²) in [6.07, 6.45) is 1.92. The lowest BCUT2D eigenvalue weighted by molar-refractivity contribution is -0.118. The molecular formula is C37H57FO2. The van der Waals surface area contributed by atoms with Crippen LogP contribution in [0.5, 0.6) is 0 Å². The van der Waals surface area contributed by atoms with Gasteiger partial charge in [0.05, 0.1) is 0 Å². The average Bonchev–Trinajstić information content (AvgIpc) is 3.01. The lowest BCUT2D eigenvalue weighted by Crippen LogP contribution is -2.04. The molecule has 0 heterocycles. The Morgan fingerprint density at radius 2 is 1.20 bits per heavy atom. The van der Waals surface area contributed by atoms with Crippen LogP contribution in [0.2, 0.25) is 0 Å². The Labute approximate surface area is 246 Å². The molecule has 3 aromatic carbocycles. The fraction of sp³-hybridized carbons (Fsp3) is 0.459. The number of ketones is 1. The van der Waals surface area contributed by atoms with E-state index >= 15 is 0 Å². The van der Waals surface area contributed by atoms with Crippen molar-refractivity contribution in [3.8, 4) is 11.1 Å². The van der Waals surface area contributed by atoms with E-state index in [4.69, 9.17) is 0 Å². The molecule has 0 aliphatic heterocycles. The van der Waals surface area contributed by atoms with Gasteiger partial charge in [0.1, 0.15) is 17.9 Å². The Hall–Kier alpha value is -3.07. The highest BCUT2D eigenvalue weighted by atomic mass is 19.1. The van der Waals surface area contributed by atoms with Crippen molar-refractivity contribution in [2.45, 2.75) is 108 Å². The van der Waals surface area contributed by atoms with Crippen LogP contribution in [0, 0.1) is 11.7 Å². The second-order valence-electron chi connectivity index (χ2n) is 8.70. The van der Waals surface area contributed by atoms with E-state index in [0.717, 1.165) is 23.8 Å². The summed E-state index contributed by atoms with van der Waals surface area (Å²) in [6, 6.07) is 22.7. The Morgan fingerprint density at radius 3 is 1.60 bits per heavy atom. The summed E-state index contributed by atoms with van der Waals surface area (Å²) in [6.45, 7) is 25.8. The second-order valence-corrected chi connectivity index (χ2v) is 8.70. The zero-order chi connectivity index (χ0) is 31.7. The third-order valence-corrected chi connectivity index (χ3v) is 5.54. The smallest absolute Gasteiger partial charge is 0.136 e. The van der Waals surface area contributed by atoms with Crippen molar-refractivity contribution in [1.29, 1.82) is 0 Å². The van der Waals surface area contributed by atoms with E-state index in [-0.39, 0.29) is 23.4 Å². The maximum absolute atomic E-state index is 13.9. The van der Waals surface area contributed by atoms with E-state index in [9.17, 15) is 14.0 Å². The van der Waals surface area contributed by atoms with Crippen molar-refractivity contribution < 1.29 is 14.0 Å². The van der Waals surface area contributed by atoms with Crippen LogP contribution < -0.4 is 0 Å². The molecule has 3 heteroatoms. The van der Waals surface area contributed by atoms with E-state index in [0.29, 0.717) is 17.0 Å². The highest BCUT2D eigenvalue weighted by Gasteiger charge is 2.10. The molecule has 0 N–H and O–H groups in total. The third-order valence-electron chi connectivity index (χ3n) is 5.54. The monoisotopic (exact) mass is 552 g/mol. The molecule has 0 saturated carbocycles. The van der Waals surface area contributed by atoms with Crippen LogP contribution in [-0.4, -0.2) is 12.1 Å². The first-order valence-corrected chi connectivity index (χ1v) is 15.1. The van der Waals surface area contributed by atoms with Crippen molar-refractivity contribution in [1.82, 2.24) is 0 Å². The Balaban J connectivity index is -0.000000551. The highest BCUT2D eigenvalue weighted by molar-refractivity contribution is 5.82. The van der Waals surface area contributed by atoms with Crippen LogP contribution in [0.4, 0.5) is 4.39 Å². The lowest BCUT2D eigenvalue weighted by atomic mass is 9.95. The van der Waals surface area contributed by atoms with Crippen LogP contribution >= 0.6 is 0 Å². The van der Waals surface area contributed by atoms with Crippen LogP contribution in [-0.2, 0) is 16.0 Å². The number of benzene rings is 3. The van der Waals surface area contributed by atoms with Crippen molar-refractivity contribution in [3.05, 3.63) is 95.3 Å². The van der Waals surface area contributed by atoms with Crippen molar-refractivity contribution in [2.24, 2.45) is 5.92 Å². The quantitative estimate of drug-likeness (QED) is 0.273. The van der Waals surface area contributed by atoms with Gasteiger partial charge in [-0.25, -0.2) is 4.39 Å². The van der Waals surface area contributed by atoms with E-state index in [1.807, 2.05) is 92.6 Å². The fourth-order valence-corrected chi connectivity index (χ4v) is 3.39. The third kappa shape index (κ3) is 16.1. The molecule has 3 aromatic rings. The van der Waals surface area contributed by atoms with E-state index in [2.05, 4.69) is 38.1 Å². The maximum atomic E-state index is 13.9. The Kier molecular flexibility index (Phi) is 27.1. The molecule has 0 aromatic heterocycles. The Bertz CT molecular complexity index is 1010. The molecular weight excluding hydrogens is 495 g/mol. The number of carbonyl (C=O) groups is 2. The van der Waals surface area contributed by atoms with Gasteiger partial charge in [-0.05, 0) is 47.6 Å². The van der Waals surface area contributed by atoms with Crippen LogP contribution in [0.25, 0.3) is 11.1 Å². The second kappa shape index (κ2) is 26.2. The fourth-order valence-electron chi connectivity index (χ4n) is 3.39. The number of Topliss-reactive ketones (excluding diaryl/α,β-unsaturated/α-hetero) is 1. The predicted octanol–water partition coefficient (Wildman–Crippen LogP) is 11.5. The number of rotatable bonds is 7. The lowest BCUT2D eigenvalue weighted by Gasteiger charge is -2.10. The van der Waals surface area contributed by atoms with Gasteiger partial charge in [-0.2, -0.15) is 0 Å². The summed E-state index contributed by atoms with van der Waals surface area (Å²) in [5.74, 6) is 0.377. The number of aldehydes is 1. The summed E-state index contributed by atoms with van der Waals surface area (Å²) in [5.41, 5.74) is 4.58. The minimum absolute atomic E-state index is 0.0260. The first-order chi connectivity index (χ1) is 19.2. The molecule has 0 aliphatic rings. The summed E-state index contributed by atoms with van der Waals surface area (Å²) in [4.78, 5) is 21.9. The van der Waals surface area contributed by atoms with E-state index in [1.54, 1.807) is 26.0 Å². The van der Waals surface area contributed by atoms with Gasteiger partial charge >= 0.3 is 0 Å². The highest BCUT2D eigenvalue weighted by Crippen LogP contribution is 2.25. The molecule has 0 radical (unpaired) electrons. The minimum Gasteiger partial charge on any atom is -0.303 e. The summed E-state index contributed by atoms with van der Waals surface area (Å²) < 4.78 is 13.9. The van der Waals surface area contributed by atoms with Gasteiger partial charge in [0, 0.05) is 17.4 Å². The summed E-state index contributed by atoms with van der Waals surface area (Å²) >= 11 is 0. The van der Waals surface area contributed by atoms with Gasteiger partial charge in [0.25, 0.3) is 0 Å². The number of carbonyl (C=O) groups excluding carboxylic acids is 2. The van der Waals surface area contributed by atoms with Gasteiger partial charge < -0.3 is 4.79 Å². The van der Waals surface area contributed by atoms with Gasteiger partial charge in [-0.3, -0.25) is 4.79 Å². The van der Waals surface area contributed by atoms with Gasteiger partial charge in [-0.15, -0.1) is 0 Å². The Morgan fingerprint density at radius 1 is 0.725 bits per heavy atom. The zero-order valence-corrected chi connectivity index (χ0v) is 27.6. The molecule has 40 heavy (non-hydrogen) atoms. The molecule has 3 rings (SSSR count).